The Morgan fingerprint density at radius 1 is 1.55 bits per heavy atom. The van der Waals surface area contributed by atoms with E-state index in [9.17, 15) is 19.1 Å². The van der Waals surface area contributed by atoms with Crippen molar-refractivity contribution >= 4 is 23.0 Å². The van der Waals surface area contributed by atoms with Gasteiger partial charge in [-0.3, -0.25) is 14.3 Å². The van der Waals surface area contributed by atoms with Crippen molar-refractivity contribution in [1.82, 2.24) is 4.31 Å². The van der Waals surface area contributed by atoms with Crippen LogP contribution in [0.15, 0.2) is 24.3 Å². The monoisotopic (exact) mass is 328 g/mol. The molecule has 0 aliphatic carbocycles. The van der Waals surface area contributed by atoms with Crippen LogP contribution in [0.2, 0.25) is 0 Å². The Balaban J connectivity index is 2.42. The van der Waals surface area contributed by atoms with Crippen LogP contribution in [0.1, 0.15) is 26.3 Å². The predicted octanol–water partition coefficient (Wildman–Crippen LogP) is 2.27. The molecule has 0 spiro atoms. The highest BCUT2D eigenvalue weighted by Gasteiger charge is 2.49. The lowest BCUT2D eigenvalue weighted by Crippen LogP contribution is -2.45. The molecule has 1 aromatic carbocycles. The van der Waals surface area contributed by atoms with Crippen LogP contribution >= 0.6 is 0 Å². The molecular formula is C13H16N2O6S. The van der Waals surface area contributed by atoms with Crippen LogP contribution in [0.3, 0.4) is 0 Å². The van der Waals surface area contributed by atoms with E-state index in [1.807, 2.05) is 0 Å². The van der Waals surface area contributed by atoms with E-state index in [-0.39, 0.29) is 18.4 Å². The van der Waals surface area contributed by atoms with Gasteiger partial charge in [0.15, 0.2) is 0 Å². The van der Waals surface area contributed by atoms with Gasteiger partial charge in [0.1, 0.15) is 5.54 Å². The van der Waals surface area contributed by atoms with E-state index in [0.717, 1.165) is 4.31 Å². The average Bonchev–Trinajstić information content (AvgIpc) is 2.75. The fourth-order valence-electron chi connectivity index (χ4n) is 2.11. The molecule has 1 aromatic rings. The molecule has 1 aliphatic heterocycles. The van der Waals surface area contributed by atoms with Crippen molar-refractivity contribution in [2.75, 3.05) is 6.61 Å². The second kappa shape index (κ2) is 6.01. The number of carbonyl (C=O) groups is 1. The summed E-state index contributed by atoms with van der Waals surface area (Å²) in [5.41, 5.74) is -0.773. The summed E-state index contributed by atoms with van der Waals surface area (Å²) in [5, 5.41) is 10.9. The number of amides is 1. The molecule has 1 fully saturated rings. The highest BCUT2D eigenvalue weighted by atomic mass is 32.2. The van der Waals surface area contributed by atoms with Gasteiger partial charge in [-0.15, -0.1) is 0 Å². The summed E-state index contributed by atoms with van der Waals surface area (Å²) >= 11 is -2.01. The summed E-state index contributed by atoms with van der Waals surface area (Å²) in [4.78, 5) is 22.5. The van der Waals surface area contributed by atoms with E-state index in [4.69, 9.17) is 8.92 Å². The van der Waals surface area contributed by atoms with Gasteiger partial charge in [-0.2, -0.15) is 4.31 Å². The second-order valence-electron chi connectivity index (χ2n) is 5.29. The molecule has 0 bridgehead atoms. The highest BCUT2D eigenvalue weighted by Crippen LogP contribution is 2.37. The summed E-state index contributed by atoms with van der Waals surface area (Å²) in [7, 11) is 0. The molecule has 2 unspecified atom stereocenters. The SMILES string of the molecule is CC(C)OC(=O)N1S(=O)OCC1(C)c1cccc([N+](=O)[O-])c1. The van der Waals surface area contributed by atoms with Gasteiger partial charge in [0.05, 0.1) is 17.6 Å². The third-order valence-corrected chi connectivity index (χ3v) is 4.39. The van der Waals surface area contributed by atoms with Gasteiger partial charge < -0.3 is 4.74 Å². The molecule has 22 heavy (non-hydrogen) atoms. The average molecular weight is 328 g/mol. The molecule has 0 aromatic heterocycles. The van der Waals surface area contributed by atoms with Crippen LogP contribution in [0.4, 0.5) is 10.5 Å². The number of non-ortho nitro benzene ring substituents is 1. The largest absolute Gasteiger partial charge is 0.446 e. The fourth-order valence-corrected chi connectivity index (χ4v) is 3.20. The number of nitro benzene ring substituents is 1. The molecule has 9 heteroatoms. The molecule has 1 heterocycles. The number of ether oxygens (including phenoxy) is 1. The maximum atomic E-state index is 12.2. The van der Waals surface area contributed by atoms with Gasteiger partial charge in [0, 0.05) is 12.1 Å². The summed E-state index contributed by atoms with van der Waals surface area (Å²) in [6.07, 6.45) is -1.18. The molecule has 1 aliphatic rings. The van der Waals surface area contributed by atoms with Crippen molar-refractivity contribution in [3.8, 4) is 0 Å². The number of nitro groups is 1. The molecule has 120 valence electrons. The number of hydrogen-bond acceptors (Lipinski definition) is 6. The van der Waals surface area contributed by atoms with Crippen LogP contribution in [-0.4, -0.2) is 32.2 Å². The standard InChI is InChI=1S/C13H16N2O6S/c1-9(2)21-12(16)14-13(3,8-20-22(14)19)10-5-4-6-11(7-10)15(17)18/h4-7,9H,8H2,1-3H3. The molecule has 8 nitrogen and oxygen atoms in total. The first-order valence-corrected chi connectivity index (χ1v) is 7.60. The lowest BCUT2D eigenvalue weighted by Gasteiger charge is -2.30. The van der Waals surface area contributed by atoms with Gasteiger partial charge in [0.2, 0.25) is 0 Å². The van der Waals surface area contributed by atoms with E-state index in [1.165, 1.54) is 18.2 Å². The molecule has 0 radical (unpaired) electrons. The Bertz CT molecular complexity index is 635. The Labute approximate surface area is 130 Å². The summed E-state index contributed by atoms with van der Waals surface area (Å²) in [6, 6.07) is 5.80. The zero-order valence-electron chi connectivity index (χ0n) is 12.3. The molecule has 0 saturated carbocycles. The molecule has 1 saturated heterocycles. The van der Waals surface area contributed by atoms with Gasteiger partial charge >= 0.3 is 6.09 Å². The van der Waals surface area contributed by atoms with E-state index >= 15 is 0 Å². The van der Waals surface area contributed by atoms with Gasteiger partial charge in [0.25, 0.3) is 17.0 Å². The van der Waals surface area contributed by atoms with Crippen LogP contribution < -0.4 is 0 Å². The Morgan fingerprint density at radius 3 is 2.82 bits per heavy atom. The zero-order chi connectivity index (χ0) is 16.5. The number of nitrogens with zero attached hydrogens (tertiary/aromatic N) is 2. The maximum absolute atomic E-state index is 12.2. The first kappa shape index (κ1) is 16.4. The summed E-state index contributed by atoms with van der Waals surface area (Å²) < 4.78 is 23.1. The second-order valence-corrected chi connectivity index (χ2v) is 6.32. The van der Waals surface area contributed by atoms with E-state index in [2.05, 4.69) is 0 Å². The van der Waals surface area contributed by atoms with Crippen molar-refractivity contribution in [3.05, 3.63) is 39.9 Å². The van der Waals surface area contributed by atoms with Crippen LogP contribution in [0.25, 0.3) is 0 Å². The number of carbonyl (C=O) groups excluding carboxylic acids is 1. The normalized spacial score (nSPS) is 24.5. The summed E-state index contributed by atoms with van der Waals surface area (Å²) in [5.74, 6) is 0. The first-order chi connectivity index (χ1) is 10.3. The zero-order valence-corrected chi connectivity index (χ0v) is 13.2. The number of rotatable bonds is 3. The van der Waals surface area contributed by atoms with Crippen LogP contribution in [0, 0.1) is 10.1 Å². The van der Waals surface area contributed by atoms with E-state index in [1.54, 1.807) is 26.8 Å². The van der Waals surface area contributed by atoms with Gasteiger partial charge in [-0.05, 0) is 26.3 Å². The maximum Gasteiger partial charge on any atom is 0.424 e. The molecule has 2 atom stereocenters. The van der Waals surface area contributed by atoms with Crippen molar-refractivity contribution in [1.29, 1.82) is 0 Å². The van der Waals surface area contributed by atoms with Crippen LogP contribution in [-0.2, 0) is 25.7 Å². The number of hydrogen-bond donors (Lipinski definition) is 0. The number of benzene rings is 1. The van der Waals surface area contributed by atoms with E-state index < -0.39 is 27.8 Å². The van der Waals surface area contributed by atoms with E-state index in [0.29, 0.717) is 5.56 Å². The Hall–Kier alpha value is -2.00. The lowest BCUT2D eigenvalue weighted by molar-refractivity contribution is -0.385. The van der Waals surface area contributed by atoms with Crippen molar-refractivity contribution in [3.63, 3.8) is 0 Å². The third kappa shape index (κ3) is 2.95. The van der Waals surface area contributed by atoms with Gasteiger partial charge in [-0.1, -0.05) is 12.1 Å². The minimum absolute atomic E-state index is 0.0476. The fraction of sp³-hybridized carbons (Fsp3) is 0.462. The Morgan fingerprint density at radius 2 is 2.23 bits per heavy atom. The predicted molar refractivity (Wildman–Crippen MR) is 78.0 cm³/mol. The third-order valence-electron chi connectivity index (χ3n) is 3.22. The van der Waals surface area contributed by atoms with Gasteiger partial charge in [-0.25, -0.2) is 9.00 Å². The Kier molecular flexibility index (Phi) is 4.47. The first-order valence-electron chi connectivity index (χ1n) is 6.56. The minimum Gasteiger partial charge on any atom is -0.446 e. The van der Waals surface area contributed by atoms with Crippen molar-refractivity contribution < 1.29 is 22.8 Å². The molecule has 1 amide bonds. The van der Waals surface area contributed by atoms with Crippen molar-refractivity contribution in [2.45, 2.75) is 32.4 Å². The van der Waals surface area contributed by atoms with Crippen LogP contribution in [0.5, 0.6) is 0 Å². The lowest BCUT2D eigenvalue weighted by atomic mass is 9.92. The topological polar surface area (TPSA) is 99.0 Å². The smallest absolute Gasteiger partial charge is 0.424 e. The summed E-state index contributed by atoms with van der Waals surface area (Å²) in [6.45, 7) is 4.91. The quantitative estimate of drug-likeness (QED) is 0.623. The highest BCUT2D eigenvalue weighted by molar-refractivity contribution is 7.78. The molecule has 2 rings (SSSR count). The van der Waals surface area contributed by atoms with Crippen molar-refractivity contribution in [2.24, 2.45) is 0 Å². The minimum atomic E-state index is -2.01. The molecular weight excluding hydrogens is 312 g/mol. The molecule has 0 N–H and O–H groups in total.